The Kier molecular flexibility index (Phi) is 7.60. The first-order valence-electron chi connectivity index (χ1n) is 17.2. The maximum Gasteiger partial charge on any atom is 0.197 e. The van der Waals surface area contributed by atoms with Crippen LogP contribution in [0.2, 0.25) is 0 Å². The van der Waals surface area contributed by atoms with Gasteiger partial charge in [0.15, 0.2) is 10.9 Å². The minimum absolute atomic E-state index is 0.178. The van der Waals surface area contributed by atoms with Gasteiger partial charge in [-0.05, 0) is 82.9 Å². The lowest BCUT2D eigenvalue weighted by atomic mass is 9.92. The van der Waals surface area contributed by atoms with Crippen molar-refractivity contribution in [2.75, 3.05) is 0 Å². The van der Waals surface area contributed by atoms with Crippen LogP contribution in [0.15, 0.2) is 143 Å². The maximum atomic E-state index is 15.5. The van der Waals surface area contributed by atoms with E-state index in [0.717, 1.165) is 0 Å². The summed E-state index contributed by atoms with van der Waals surface area (Å²) < 4.78 is 64.9. The topological polar surface area (TPSA) is 44.0 Å². The van der Waals surface area contributed by atoms with Crippen molar-refractivity contribution >= 4 is 43.6 Å². The Bertz CT molecular complexity index is 2970. The van der Waals surface area contributed by atoms with Gasteiger partial charge in [0.05, 0.1) is 32.8 Å². The zero-order valence-corrected chi connectivity index (χ0v) is 28.9. The van der Waals surface area contributed by atoms with Crippen molar-refractivity contribution < 1.29 is 17.6 Å². The minimum atomic E-state index is -0.546. The Balaban J connectivity index is 1.43. The lowest BCUT2D eigenvalue weighted by Crippen LogP contribution is -2.15. The average molecular weight is 717 g/mol. The van der Waals surface area contributed by atoms with Crippen LogP contribution in [0, 0.1) is 23.3 Å². The van der Waals surface area contributed by atoms with Crippen molar-refractivity contribution in [3.05, 3.63) is 177 Å². The third-order valence-electron chi connectivity index (χ3n) is 10.4. The number of fused-ring (bicyclic) bond motifs is 4. The standard InChI is InChI=1S/C46H28F4N2O2/c1-51-39-23-34-40(52(2)42-22-26(28-12-4-8-16-36(28)48)20-32(44(42)46(34)54)30-14-6-10-18-38(30)50)24-33(39)45(53)43-31(29-13-5-9-17-37(29)49)19-25(21-41(43)51)27-11-3-7-15-35(27)47/h3-24H,1-2H3. The molecule has 262 valence electrons. The van der Waals surface area contributed by atoms with Gasteiger partial charge >= 0.3 is 0 Å². The van der Waals surface area contributed by atoms with E-state index in [4.69, 9.17) is 0 Å². The molecule has 2 heterocycles. The monoisotopic (exact) mass is 716 g/mol. The zero-order chi connectivity index (χ0) is 37.4. The molecular formula is C46H28F4N2O2. The highest BCUT2D eigenvalue weighted by atomic mass is 19.1. The van der Waals surface area contributed by atoms with Crippen LogP contribution in [0.25, 0.3) is 88.1 Å². The second-order valence-electron chi connectivity index (χ2n) is 13.4. The molecule has 0 saturated carbocycles. The summed E-state index contributed by atoms with van der Waals surface area (Å²) in [6.07, 6.45) is 0. The zero-order valence-electron chi connectivity index (χ0n) is 28.9. The van der Waals surface area contributed by atoms with Crippen molar-refractivity contribution in [3.8, 4) is 44.5 Å². The second-order valence-corrected chi connectivity index (χ2v) is 13.4. The molecule has 0 N–H and O–H groups in total. The molecule has 0 spiro atoms. The summed E-state index contributed by atoms with van der Waals surface area (Å²) in [4.78, 5) is 29.5. The van der Waals surface area contributed by atoms with Crippen LogP contribution in [0.3, 0.4) is 0 Å². The van der Waals surface area contributed by atoms with E-state index >= 15 is 17.6 Å². The molecular weight excluding hydrogens is 689 g/mol. The number of pyridine rings is 2. The normalized spacial score (nSPS) is 11.7. The van der Waals surface area contributed by atoms with Crippen LogP contribution in [0.1, 0.15) is 0 Å². The first-order valence-corrected chi connectivity index (χ1v) is 17.2. The molecule has 0 aliphatic heterocycles. The van der Waals surface area contributed by atoms with Crippen molar-refractivity contribution in [3.63, 3.8) is 0 Å². The van der Waals surface area contributed by atoms with Gasteiger partial charge in [0.1, 0.15) is 23.3 Å². The van der Waals surface area contributed by atoms with E-state index in [9.17, 15) is 9.59 Å². The summed E-state index contributed by atoms with van der Waals surface area (Å²) in [5, 5.41) is 0.985. The van der Waals surface area contributed by atoms with Crippen molar-refractivity contribution in [1.29, 1.82) is 0 Å². The molecule has 8 heteroatoms. The first-order chi connectivity index (χ1) is 26.1. The van der Waals surface area contributed by atoms with Gasteiger partial charge in [-0.15, -0.1) is 0 Å². The van der Waals surface area contributed by atoms with Crippen LogP contribution >= 0.6 is 0 Å². The molecule has 0 bridgehead atoms. The summed E-state index contributed by atoms with van der Waals surface area (Å²) in [6, 6.07) is 34.6. The number of benzene rings is 7. The van der Waals surface area contributed by atoms with Gasteiger partial charge in [-0.2, -0.15) is 0 Å². The van der Waals surface area contributed by atoms with Crippen molar-refractivity contribution in [1.82, 2.24) is 9.13 Å². The summed E-state index contributed by atoms with van der Waals surface area (Å²) in [5.74, 6) is -2.05. The Morgan fingerprint density at radius 2 is 0.685 bits per heavy atom. The average Bonchev–Trinajstić information content (AvgIpc) is 3.18. The Morgan fingerprint density at radius 1 is 0.370 bits per heavy atom. The van der Waals surface area contributed by atoms with Crippen LogP contribution in [-0.2, 0) is 14.1 Å². The van der Waals surface area contributed by atoms with E-state index in [1.165, 1.54) is 24.3 Å². The van der Waals surface area contributed by atoms with Crippen LogP contribution < -0.4 is 10.9 Å². The summed E-state index contributed by atoms with van der Waals surface area (Å²) in [7, 11) is 3.48. The number of halogens is 4. The molecule has 0 fully saturated rings. The number of hydrogen-bond acceptors (Lipinski definition) is 2. The number of rotatable bonds is 4. The maximum absolute atomic E-state index is 15.5. The molecule has 0 amide bonds. The lowest BCUT2D eigenvalue weighted by molar-refractivity contribution is 0.630. The van der Waals surface area contributed by atoms with E-state index in [1.807, 2.05) is 0 Å². The van der Waals surface area contributed by atoms with Crippen LogP contribution in [0.5, 0.6) is 0 Å². The van der Waals surface area contributed by atoms with E-state index < -0.39 is 34.1 Å². The molecule has 0 saturated heterocycles. The first kappa shape index (κ1) is 33.1. The summed E-state index contributed by atoms with van der Waals surface area (Å²) in [6.45, 7) is 0. The Labute approximate surface area is 305 Å². The van der Waals surface area contributed by atoms with Crippen LogP contribution in [-0.4, -0.2) is 9.13 Å². The summed E-state index contributed by atoms with van der Waals surface area (Å²) >= 11 is 0. The predicted octanol–water partition coefficient (Wildman–Crippen LogP) is 10.9. The van der Waals surface area contributed by atoms with Gasteiger partial charge in [0.25, 0.3) is 0 Å². The molecule has 54 heavy (non-hydrogen) atoms. The third kappa shape index (κ3) is 4.98. The largest absolute Gasteiger partial charge is 0.343 e. The SMILES string of the molecule is Cn1c2cc3c(=O)c4c(-c5ccccc5F)cc(-c5ccccc5F)cc4n(C)c3cc2c(=O)c2c(-c3ccccc3F)cc(-c3ccccc3F)cc21. The number of aryl methyl sites for hydroxylation is 2. The molecule has 9 aromatic rings. The highest BCUT2D eigenvalue weighted by Crippen LogP contribution is 2.39. The highest BCUT2D eigenvalue weighted by molar-refractivity contribution is 6.10. The molecule has 0 atom stereocenters. The molecule has 4 nitrogen and oxygen atoms in total. The van der Waals surface area contributed by atoms with E-state index in [0.29, 0.717) is 44.3 Å². The molecule has 0 aliphatic carbocycles. The molecule has 9 rings (SSSR count). The highest BCUT2D eigenvalue weighted by Gasteiger charge is 2.23. The number of hydrogen-bond donors (Lipinski definition) is 0. The van der Waals surface area contributed by atoms with Gasteiger partial charge in [0.2, 0.25) is 0 Å². The molecule has 0 radical (unpaired) electrons. The lowest BCUT2D eigenvalue weighted by Gasteiger charge is -2.19. The van der Waals surface area contributed by atoms with Gasteiger partial charge in [0, 0.05) is 47.1 Å². The fourth-order valence-corrected chi connectivity index (χ4v) is 7.77. The quantitative estimate of drug-likeness (QED) is 0.134. The smallest absolute Gasteiger partial charge is 0.197 e. The molecule has 0 unspecified atom stereocenters. The fourth-order valence-electron chi connectivity index (χ4n) is 7.77. The van der Waals surface area contributed by atoms with E-state index in [-0.39, 0.29) is 43.8 Å². The van der Waals surface area contributed by atoms with Gasteiger partial charge < -0.3 is 9.13 Å². The molecule has 0 aliphatic rings. The second kappa shape index (κ2) is 12.4. The van der Waals surface area contributed by atoms with E-state index in [2.05, 4.69) is 0 Å². The molecule has 7 aromatic carbocycles. The number of aromatic nitrogens is 2. The van der Waals surface area contributed by atoms with Gasteiger partial charge in [-0.25, -0.2) is 17.6 Å². The molecule has 2 aromatic heterocycles. The minimum Gasteiger partial charge on any atom is -0.343 e. The van der Waals surface area contributed by atoms with Crippen LogP contribution in [0.4, 0.5) is 17.6 Å². The fraction of sp³-hybridized carbons (Fsp3) is 0.0435. The van der Waals surface area contributed by atoms with Crippen molar-refractivity contribution in [2.45, 2.75) is 0 Å². The number of nitrogens with zero attached hydrogens (tertiary/aromatic N) is 2. The van der Waals surface area contributed by atoms with E-state index in [1.54, 1.807) is 132 Å². The van der Waals surface area contributed by atoms with Crippen molar-refractivity contribution in [2.24, 2.45) is 14.1 Å². The Hall–Kier alpha value is -6.80. The van der Waals surface area contributed by atoms with Gasteiger partial charge in [-0.1, -0.05) is 72.8 Å². The predicted molar refractivity (Wildman–Crippen MR) is 209 cm³/mol. The third-order valence-corrected chi connectivity index (χ3v) is 10.4. The van der Waals surface area contributed by atoms with Gasteiger partial charge in [-0.3, -0.25) is 9.59 Å². The Morgan fingerprint density at radius 3 is 1.02 bits per heavy atom. The summed E-state index contributed by atoms with van der Waals surface area (Å²) in [5.41, 5.74) is 3.21.